The lowest BCUT2D eigenvalue weighted by Gasteiger charge is -2.03. The van der Waals surface area contributed by atoms with Gasteiger partial charge < -0.3 is 4.74 Å². The summed E-state index contributed by atoms with van der Waals surface area (Å²) in [6.07, 6.45) is 4.00. The van der Waals surface area contributed by atoms with Gasteiger partial charge in [0.05, 0.1) is 6.10 Å². The largest absolute Gasteiger partial charge is 0.460 e. The number of hydrogen-bond donors (Lipinski definition) is 0. The highest BCUT2D eigenvalue weighted by Gasteiger charge is 1.98. The van der Waals surface area contributed by atoms with Gasteiger partial charge in [0.15, 0.2) is 0 Å². The summed E-state index contributed by atoms with van der Waals surface area (Å²) in [5, 5.41) is 0. The van der Waals surface area contributed by atoms with Crippen LogP contribution < -0.4 is 0 Å². The first-order valence-corrected chi connectivity index (χ1v) is 5.09. The van der Waals surface area contributed by atoms with E-state index in [1.807, 2.05) is 50.3 Å². The zero-order chi connectivity index (χ0) is 11.1. The standard InChI is InChI=1S/C13H16O2/c1-11(2)15-13(14)10-6-9-12-7-4-3-5-8-12/h3-8,10-11H,9H2,1-2H3/b10-6+. The summed E-state index contributed by atoms with van der Waals surface area (Å²) < 4.78 is 4.96. The third kappa shape index (κ3) is 5.01. The molecule has 0 atom stereocenters. The van der Waals surface area contributed by atoms with Gasteiger partial charge in [-0.15, -0.1) is 0 Å². The van der Waals surface area contributed by atoms with Crippen LogP contribution in [-0.2, 0) is 16.0 Å². The van der Waals surface area contributed by atoms with Crippen LogP contribution in [0.2, 0.25) is 0 Å². The molecule has 0 saturated carbocycles. The smallest absolute Gasteiger partial charge is 0.330 e. The van der Waals surface area contributed by atoms with Gasteiger partial charge in [-0.25, -0.2) is 4.79 Å². The van der Waals surface area contributed by atoms with Gasteiger partial charge in [0.1, 0.15) is 0 Å². The molecule has 0 heterocycles. The molecule has 0 N–H and O–H groups in total. The summed E-state index contributed by atoms with van der Waals surface area (Å²) >= 11 is 0. The van der Waals surface area contributed by atoms with Gasteiger partial charge in [0.2, 0.25) is 0 Å². The topological polar surface area (TPSA) is 26.3 Å². The van der Waals surface area contributed by atoms with Crippen LogP contribution in [0.5, 0.6) is 0 Å². The van der Waals surface area contributed by atoms with Crippen LogP contribution >= 0.6 is 0 Å². The fourth-order valence-electron chi connectivity index (χ4n) is 1.18. The van der Waals surface area contributed by atoms with Crippen LogP contribution in [-0.4, -0.2) is 12.1 Å². The molecular formula is C13H16O2. The number of allylic oxidation sites excluding steroid dienone is 1. The van der Waals surface area contributed by atoms with Gasteiger partial charge in [0.25, 0.3) is 0 Å². The quantitative estimate of drug-likeness (QED) is 0.557. The molecule has 0 bridgehead atoms. The monoisotopic (exact) mass is 204 g/mol. The van der Waals surface area contributed by atoms with E-state index < -0.39 is 0 Å². The van der Waals surface area contributed by atoms with E-state index in [-0.39, 0.29) is 12.1 Å². The molecule has 0 aliphatic heterocycles. The number of ether oxygens (including phenoxy) is 1. The summed E-state index contributed by atoms with van der Waals surface area (Å²) in [5.41, 5.74) is 1.19. The van der Waals surface area contributed by atoms with Crippen molar-refractivity contribution in [2.45, 2.75) is 26.4 Å². The lowest BCUT2D eigenvalue weighted by molar-refractivity contribution is -0.141. The van der Waals surface area contributed by atoms with Crippen LogP contribution in [0.4, 0.5) is 0 Å². The van der Waals surface area contributed by atoms with Gasteiger partial charge >= 0.3 is 5.97 Å². The number of carbonyl (C=O) groups excluding carboxylic acids is 1. The molecule has 1 rings (SSSR count). The Morgan fingerprint density at radius 2 is 2.00 bits per heavy atom. The zero-order valence-electron chi connectivity index (χ0n) is 9.14. The minimum atomic E-state index is -0.277. The molecule has 1 aromatic carbocycles. The molecule has 0 fully saturated rings. The molecule has 0 unspecified atom stereocenters. The molecule has 0 saturated heterocycles. The van der Waals surface area contributed by atoms with E-state index in [1.165, 1.54) is 11.6 Å². The number of carbonyl (C=O) groups is 1. The van der Waals surface area contributed by atoms with Gasteiger partial charge in [-0.2, -0.15) is 0 Å². The van der Waals surface area contributed by atoms with Crippen molar-refractivity contribution in [2.75, 3.05) is 0 Å². The molecule has 0 aliphatic rings. The average Bonchev–Trinajstić information content (AvgIpc) is 2.18. The van der Waals surface area contributed by atoms with Gasteiger partial charge in [-0.3, -0.25) is 0 Å². The first-order valence-electron chi connectivity index (χ1n) is 5.09. The first-order chi connectivity index (χ1) is 7.18. The molecule has 0 spiro atoms. The van der Waals surface area contributed by atoms with Crippen molar-refractivity contribution in [3.63, 3.8) is 0 Å². The Balaban J connectivity index is 2.37. The molecular weight excluding hydrogens is 188 g/mol. The Hall–Kier alpha value is -1.57. The van der Waals surface area contributed by atoms with Crippen molar-refractivity contribution >= 4 is 5.97 Å². The second-order valence-electron chi connectivity index (χ2n) is 3.58. The summed E-state index contributed by atoms with van der Waals surface area (Å²) in [6.45, 7) is 3.67. The maximum absolute atomic E-state index is 11.1. The van der Waals surface area contributed by atoms with Gasteiger partial charge in [-0.1, -0.05) is 36.4 Å². The molecule has 2 heteroatoms. The highest BCUT2D eigenvalue weighted by molar-refractivity contribution is 5.82. The van der Waals surface area contributed by atoms with E-state index in [0.29, 0.717) is 0 Å². The SMILES string of the molecule is CC(C)OC(=O)/C=C/Cc1ccccc1. The Kier molecular flexibility index (Phi) is 4.61. The molecule has 0 amide bonds. The second-order valence-corrected chi connectivity index (χ2v) is 3.58. The molecule has 0 aromatic heterocycles. The molecule has 0 radical (unpaired) electrons. The van der Waals surface area contributed by atoms with Crippen molar-refractivity contribution in [1.29, 1.82) is 0 Å². The van der Waals surface area contributed by atoms with E-state index in [1.54, 1.807) is 0 Å². The second kappa shape index (κ2) is 6.02. The molecule has 2 nitrogen and oxygen atoms in total. The van der Waals surface area contributed by atoms with E-state index in [4.69, 9.17) is 4.74 Å². The van der Waals surface area contributed by atoms with Gasteiger partial charge in [-0.05, 0) is 25.8 Å². The highest BCUT2D eigenvalue weighted by Crippen LogP contribution is 2.00. The Bertz CT molecular complexity index is 326. The van der Waals surface area contributed by atoms with Gasteiger partial charge in [0, 0.05) is 6.08 Å². The predicted octanol–water partition coefficient (Wildman–Crippen LogP) is 2.74. The molecule has 1 aromatic rings. The molecule has 80 valence electrons. The fraction of sp³-hybridized carbons (Fsp3) is 0.308. The van der Waals surface area contributed by atoms with E-state index in [2.05, 4.69) is 0 Å². The third-order valence-electron chi connectivity index (χ3n) is 1.80. The molecule has 0 aliphatic carbocycles. The van der Waals surface area contributed by atoms with Crippen molar-refractivity contribution in [2.24, 2.45) is 0 Å². The average molecular weight is 204 g/mol. The van der Waals surface area contributed by atoms with Crippen LogP contribution in [0.25, 0.3) is 0 Å². The number of benzene rings is 1. The van der Waals surface area contributed by atoms with Crippen LogP contribution in [0.3, 0.4) is 0 Å². The maximum Gasteiger partial charge on any atom is 0.330 e. The summed E-state index contributed by atoms with van der Waals surface area (Å²) in [4.78, 5) is 11.1. The zero-order valence-corrected chi connectivity index (χ0v) is 9.14. The van der Waals surface area contributed by atoms with Crippen molar-refractivity contribution in [3.05, 3.63) is 48.0 Å². The maximum atomic E-state index is 11.1. The minimum absolute atomic E-state index is 0.0566. The van der Waals surface area contributed by atoms with E-state index >= 15 is 0 Å². The van der Waals surface area contributed by atoms with Crippen LogP contribution in [0.1, 0.15) is 19.4 Å². The van der Waals surface area contributed by atoms with Crippen molar-refractivity contribution in [3.8, 4) is 0 Å². The predicted molar refractivity (Wildman–Crippen MR) is 60.5 cm³/mol. The lowest BCUT2D eigenvalue weighted by Crippen LogP contribution is -2.08. The summed E-state index contributed by atoms with van der Waals surface area (Å²) in [7, 11) is 0. The number of rotatable bonds is 4. The fourth-order valence-corrected chi connectivity index (χ4v) is 1.18. The summed E-state index contributed by atoms with van der Waals surface area (Å²) in [6, 6.07) is 9.99. The molecule has 15 heavy (non-hydrogen) atoms. The number of esters is 1. The highest BCUT2D eigenvalue weighted by atomic mass is 16.5. The Labute approximate surface area is 90.6 Å². The van der Waals surface area contributed by atoms with Crippen molar-refractivity contribution in [1.82, 2.24) is 0 Å². The minimum Gasteiger partial charge on any atom is -0.460 e. The first kappa shape index (κ1) is 11.5. The van der Waals surface area contributed by atoms with Crippen molar-refractivity contribution < 1.29 is 9.53 Å². The Morgan fingerprint density at radius 1 is 1.33 bits per heavy atom. The Morgan fingerprint density at radius 3 is 2.60 bits per heavy atom. The van der Waals surface area contributed by atoms with Crippen LogP contribution in [0, 0.1) is 0 Å². The third-order valence-corrected chi connectivity index (χ3v) is 1.80. The van der Waals surface area contributed by atoms with E-state index in [0.717, 1.165) is 6.42 Å². The number of hydrogen-bond acceptors (Lipinski definition) is 2. The van der Waals surface area contributed by atoms with E-state index in [9.17, 15) is 4.79 Å². The summed E-state index contributed by atoms with van der Waals surface area (Å²) in [5.74, 6) is -0.277. The lowest BCUT2D eigenvalue weighted by atomic mass is 10.1. The normalized spacial score (nSPS) is 10.9. The van der Waals surface area contributed by atoms with Crippen LogP contribution in [0.15, 0.2) is 42.5 Å².